The van der Waals surface area contributed by atoms with Gasteiger partial charge in [-0.1, -0.05) is 0 Å². The van der Waals surface area contributed by atoms with Crippen LogP contribution < -0.4 is 0 Å². The van der Waals surface area contributed by atoms with Crippen LogP contribution in [0.3, 0.4) is 0 Å². The van der Waals surface area contributed by atoms with Gasteiger partial charge in [-0.25, -0.2) is 13.8 Å². The highest BCUT2D eigenvalue weighted by molar-refractivity contribution is 5.53. The normalized spacial score (nSPS) is 20.5. The number of aliphatic hydroxyl groups excluding tert-OH is 1. The standard InChI is InChI=1S/C16H18F2N2O2/c1-10(21)12-4-5-20(7-12)8-13-9-22-16(19-13)11-2-3-14(17)15(18)6-11/h2-3,6,9-10,12,21H,4-5,7-8H2,1H3. The van der Waals surface area contributed by atoms with Crippen molar-refractivity contribution in [3.8, 4) is 11.5 Å². The summed E-state index contributed by atoms with van der Waals surface area (Å²) in [6.45, 7) is 4.16. The number of oxazole rings is 1. The van der Waals surface area contributed by atoms with Crippen molar-refractivity contribution in [2.45, 2.75) is 26.0 Å². The van der Waals surface area contributed by atoms with E-state index < -0.39 is 11.6 Å². The van der Waals surface area contributed by atoms with E-state index in [0.29, 0.717) is 12.1 Å². The Hall–Kier alpha value is -1.79. The van der Waals surface area contributed by atoms with E-state index in [2.05, 4.69) is 9.88 Å². The van der Waals surface area contributed by atoms with Gasteiger partial charge < -0.3 is 9.52 Å². The van der Waals surface area contributed by atoms with Crippen LogP contribution in [0.25, 0.3) is 11.5 Å². The minimum atomic E-state index is -0.920. The van der Waals surface area contributed by atoms with E-state index in [1.165, 1.54) is 12.3 Å². The van der Waals surface area contributed by atoms with Gasteiger partial charge in [0.05, 0.1) is 11.8 Å². The SMILES string of the molecule is CC(O)C1CCN(Cc2coc(-c3ccc(F)c(F)c3)n2)C1. The number of aliphatic hydroxyl groups is 1. The highest BCUT2D eigenvalue weighted by atomic mass is 19.2. The van der Waals surface area contributed by atoms with E-state index >= 15 is 0 Å². The molecule has 0 radical (unpaired) electrons. The molecular formula is C16H18F2N2O2. The summed E-state index contributed by atoms with van der Waals surface area (Å²) >= 11 is 0. The average molecular weight is 308 g/mol. The van der Waals surface area contributed by atoms with E-state index in [4.69, 9.17) is 4.42 Å². The molecule has 118 valence electrons. The van der Waals surface area contributed by atoms with Gasteiger partial charge in [0, 0.05) is 18.7 Å². The first-order chi connectivity index (χ1) is 10.5. The quantitative estimate of drug-likeness (QED) is 0.943. The van der Waals surface area contributed by atoms with Crippen LogP contribution in [-0.4, -0.2) is 34.2 Å². The molecular weight excluding hydrogens is 290 g/mol. The summed E-state index contributed by atoms with van der Waals surface area (Å²) in [5.41, 5.74) is 1.15. The lowest BCUT2D eigenvalue weighted by Crippen LogP contribution is -2.24. The molecule has 2 heterocycles. The molecule has 3 rings (SSSR count). The van der Waals surface area contributed by atoms with Gasteiger partial charge in [-0.15, -0.1) is 0 Å². The minimum Gasteiger partial charge on any atom is -0.444 e. The molecule has 2 unspecified atom stereocenters. The summed E-state index contributed by atoms with van der Waals surface area (Å²) in [6, 6.07) is 3.57. The molecule has 2 aromatic rings. The van der Waals surface area contributed by atoms with Crippen LogP contribution in [0.2, 0.25) is 0 Å². The third kappa shape index (κ3) is 3.18. The summed E-state index contributed by atoms with van der Waals surface area (Å²) < 4.78 is 31.5. The Balaban J connectivity index is 1.68. The van der Waals surface area contributed by atoms with Crippen LogP contribution in [-0.2, 0) is 6.54 Å². The molecule has 2 atom stereocenters. The van der Waals surface area contributed by atoms with E-state index in [-0.39, 0.29) is 17.9 Å². The van der Waals surface area contributed by atoms with Gasteiger partial charge >= 0.3 is 0 Å². The topological polar surface area (TPSA) is 49.5 Å². The number of rotatable bonds is 4. The fourth-order valence-electron chi connectivity index (χ4n) is 2.77. The Labute approximate surface area is 127 Å². The smallest absolute Gasteiger partial charge is 0.226 e. The van der Waals surface area contributed by atoms with Crippen LogP contribution in [0, 0.1) is 17.6 Å². The van der Waals surface area contributed by atoms with E-state index in [0.717, 1.165) is 37.3 Å². The first-order valence-corrected chi connectivity index (χ1v) is 7.33. The summed E-state index contributed by atoms with van der Waals surface area (Å²) in [7, 11) is 0. The molecule has 4 nitrogen and oxygen atoms in total. The zero-order valence-electron chi connectivity index (χ0n) is 12.3. The summed E-state index contributed by atoms with van der Waals surface area (Å²) in [4.78, 5) is 6.52. The van der Waals surface area contributed by atoms with Gasteiger partial charge in [-0.3, -0.25) is 4.90 Å². The number of benzene rings is 1. The first-order valence-electron chi connectivity index (χ1n) is 7.33. The van der Waals surface area contributed by atoms with Crippen LogP contribution in [0.5, 0.6) is 0 Å². The lowest BCUT2D eigenvalue weighted by molar-refractivity contribution is 0.127. The van der Waals surface area contributed by atoms with E-state index in [1.54, 1.807) is 0 Å². The van der Waals surface area contributed by atoms with Gasteiger partial charge in [0.2, 0.25) is 5.89 Å². The lowest BCUT2D eigenvalue weighted by Gasteiger charge is -2.15. The molecule has 1 aliphatic rings. The molecule has 0 saturated carbocycles. The van der Waals surface area contributed by atoms with Crippen molar-refractivity contribution in [1.82, 2.24) is 9.88 Å². The molecule has 1 fully saturated rings. The van der Waals surface area contributed by atoms with Gasteiger partial charge in [0.1, 0.15) is 6.26 Å². The van der Waals surface area contributed by atoms with Crippen LogP contribution >= 0.6 is 0 Å². The number of halogens is 2. The van der Waals surface area contributed by atoms with Crippen molar-refractivity contribution in [3.63, 3.8) is 0 Å². The minimum absolute atomic E-state index is 0.278. The van der Waals surface area contributed by atoms with Gasteiger partial charge in [-0.2, -0.15) is 0 Å². The van der Waals surface area contributed by atoms with Crippen molar-refractivity contribution in [1.29, 1.82) is 0 Å². The zero-order valence-corrected chi connectivity index (χ0v) is 12.3. The Kier molecular flexibility index (Phi) is 4.22. The number of likely N-dealkylation sites (tertiary alicyclic amines) is 1. The molecule has 0 spiro atoms. The van der Waals surface area contributed by atoms with Crippen molar-refractivity contribution in [3.05, 3.63) is 41.8 Å². The molecule has 1 aromatic carbocycles. The molecule has 22 heavy (non-hydrogen) atoms. The number of aromatic nitrogens is 1. The van der Waals surface area contributed by atoms with Gasteiger partial charge in [0.15, 0.2) is 11.6 Å². The Morgan fingerprint density at radius 1 is 1.41 bits per heavy atom. The largest absolute Gasteiger partial charge is 0.444 e. The van der Waals surface area contributed by atoms with E-state index in [1.807, 2.05) is 6.92 Å². The van der Waals surface area contributed by atoms with Crippen molar-refractivity contribution in [2.75, 3.05) is 13.1 Å². The first kappa shape index (κ1) is 15.1. The maximum atomic E-state index is 13.2. The van der Waals surface area contributed by atoms with Gasteiger partial charge in [-0.05, 0) is 44.0 Å². The highest BCUT2D eigenvalue weighted by Crippen LogP contribution is 2.24. The third-order valence-electron chi connectivity index (χ3n) is 4.09. The van der Waals surface area contributed by atoms with Crippen LogP contribution in [0.15, 0.2) is 28.9 Å². The zero-order chi connectivity index (χ0) is 15.7. The van der Waals surface area contributed by atoms with Crippen LogP contribution in [0.1, 0.15) is 19.0 Å². The maximum Gasteiger partial charge on any atom is 0.226 e. The number of nitrogens with zero attached hydrogens (tertiary/aromatic N) is 2. The Morgan fingerprint density at radius 3 is 2.91 bits per heavy atom. The van der Waals surface area contributed by atoms with E-state index in [9.17, 15) is 13.9 Å². The summed E-state index contributed by atoms with van der Waals surface area (Å²) in [5.74, 6) is -1.24. The Morgan fingerprint density at radius 2 is 2.23 bits per heavy atom. The molecule has 1 aliphatic heterocycles. The molecule has 0 aliphatic carbocycles. The van der Waals surface area contributed by atoms with Crippen molar-refractivity contribution >= 4 is 0 Å². The van der Waals surface area contributed by atoms with Crippen LogP contribution in [0.4, 0.5) is 8.78 Å². The molecule has 0 bridgehead atoms. The number of hydrogen-bond acceptors (Lipinski definition) is 4. The fraction of sp³-hybridized carbons (Fsp3) is 0.438. The fourth-order valence-corrected chi connectivity index (χ4v) is 2.77. The Bertz CT molecular complexity index is 657. The molecule has 1 saturated heterocycles. The summed E-state index contributed by atoms with van der Waals surface area (Å²) in [5, 5.41) is 9.61. The second-order valence-corrected chi connectivity index (χ2v) is 5.80. The molecule has 1 aromatic heterocycles. The molecule has 0 amide bonds. The second kappa shape index (κ2) is 6.14. The van der Waals surface area contributed by atoms with Gasteiger partial charge in [0.25, 0.3) is 0 Å². The predicted octanol–water partition coefficient (Wildman–Crippen LogP) is 2.82. The van der Waals surface area contributed by atoms with Crippen molar-refractivity contribution in [2.24, 2.45) is 5.92 Å². The average Bonchev–Trinajstić information content (AvgIpc) is 3.12. The highest BCUT2D eigenvalue weighted by Gasteiger charge is 2.26. The molecule has 6 heteroatoms. The molecule has 1 N–H and O–H groups in total. The summed E-state index contributed by atoms with van der Waals surface area (Å²) in [6.07, 6.45) is 2.19. The maximum absolute atomic E-state index is 13.2. The lowest BCUT2D eigenvalue weighted by atomic mass is 10.0. The third-order valence-corrected chi connectivity index (χ3v) is 4.09. The van der Waals surface area contributed by atoms with Crippen molar-refractivity contribution < 1.29 is 18.3 Å². The predicted molar refractivity (Wildman–Crippen MR) is 76.9 cm³/mol. The monoisotopic (exact) mass is 308 g/mol. The number of hydrogen-bond donors (Lipinski definition) is 1. The second-order valence-electron chi connectivity index (χ2n) is 5.80.